The van der Waals surface area contributed by atoms with Gasteiger partial charge in [-0.2, -0.15) is 0 Å². The van der Waals surface area contributed by atoms with Crippen LogP contribution in [0.4, 0.5) is 26.1 Å². The molecule has 144 valence electrons. The van der Waals surface area contributed by atoms with Gasteiger partial charge in [0.15, 0.2) is 5.82 Å². The quantitative estimate of drug-likeness (QED) is 0.630. The van der Waals surface area contributed by atoms with Crippen molar-refractivity contribution >= 4 is 17.3 Å². The molecular formula is C21H21F2N5. The second-order valence-corrected chi connectivity index (χ2v) is 6.96. The van der Waals surface area contributed by atoms with Gasteiger partial charge in [-0.25, -0.2) is 18.7 Å². The first-order valence-electron chi connectivity index (χ1n) is 9.33. The Hall–Kier alpha value is -3.09. The van der Waals surface area contributed by atoms with Gasteiger partial charge in [0.25, 0.3) is 0 Å². The average molecular weight is 381 g/mol. The normalized spacial score (nSPS) is 16.5. The minimum Gasteiger partial charge on any atom is -0.367 e. The average Bonchev–Trinajstić information content (AvgIpc) is 2.71. The molecule has 1 aliphatic carbocycles. The number of hydrogen-bond acceptors (Lipinski definition) is 5. The number of hydrogen-bond donors (Lipinski definition) is 2. The van der Waals surface area contributed by atoms with E-state index in [9.17, 15) is 8.78 Å². The summed E-state index contributed by atoms with van der Waals surface area (Å²) in [7, 11) is 0. The Morgan fingerprint density at radius 2 is 1.57 bits per heavy atom. The molecule has 0 saturated heterocycles. The second kappa shape index (κ2) is 7.88. The largest absolute Gasteiger partial charge is 0.367 e. The van der Waals surface area contributed by atoms with Crippen LogP contribution in [0.1, 0.15) is 25.7 Å². The number of aromatic nitrogens is 3. The number of halogens is 2. The zero-order chi connectivity index (χ0) is 19.4. The number of rotatable bonds is 5. The minimum atomic E-state index is -2.55. The molecule has 28 heavy (non-hydrogen) atoms. The maximum Gasteiger partial charge on any atom is 0.248 e. The number of nitrogens with zero attached hydrogens (tertiary/aromatic N) is 3. The van der Waals surface area contributed by atoms with Crippen molar-refractivity contribution in [2.45, 2.75) is 37.6 Å². The topological polar surface area (TPSA) is 62.7 Å². The van der Waals surface area contributed by atoms with Crippen LogP contribution in [0.25, 0.3) is 11.4 Å². The third-order valence-electron chi connectivity index (χ3n) is 4.78. The second-order valence-electron chi connectivity index (χ2n) is 6.96. The summed E-state index contributed by atoms with van der Waals surface area (Å²) in [5.74, 6) is -0.722. The highest BCUT2D eigenvalue weighted by Gasteiger charge is 2.35. The Morgan fingerprint density at radius 1 is 0.893 bits per heavy atom. The Kier molecular flexibility index (Phi) is 5.14. The predicted octanol–water partition coefficient (Wildman–Crippen LogP) is 5.27. The first-order valence-corrected chi connectivity index (χ1v) is 9.33. The number of benzene rings is 1. The van der Waals surface area contributed by atoms with Gasteiger partial charge in [-0.05, 0) is 25.0 Å². The predicted molar refractivity (Wildman–Crippen MR) is 106 cm³/mol. The summed E-state index contributed by atoms with van der Waals surface area (Å²) in [6, 6.07) is 15.2. The van der Waals surface area contributed by atoms with E-state index in [1.165, 1.54) is 0 Å². The summed E-state index contributed by atoms with van der Waals surface area (Å²) in [4.78, 5) is 13.2. The van der Waals surface area contributed by atoms with Crippen LogP contribution in [0.2, 0.25) is 0 Å². The Labute approximate surface area is 162 Å². The fraction of sp³-hybridized carbons (Fsp3) is 0.286. The fourth-order valence-corrected chi connectivity index (χ4v) is 3.28. The summed E-state index contributed by atoms with van der Waals surface area (Å²) >= 11 is 0. The minimum absolute atomic E-state index is 0.0214. The van der Waals surface area contributed by atoms with Gasteiger partial charge in [0.05, 0.1) is 0 Å². The van der Waals surface area contributed by atoms with Crippen LogP contribution >= 0.6 is 0 Å². The molecule has 2 heterocycles. The van der Waals surface area contributed by atoms with Crippen molar-refractivity contribution in [3.05, 3.63) is 60.9 Å². The van der Waals surface area contributed by atoms with Crippen molar-refractivity contribution in [2.75, 3.05) is 10.6 Å². The van der Waals surface area contributed by atoms with Crippen molar-refractivity contribution < 1.29 is 8.78 Å². The monoisotopic (exact) mass is 381 g/mol. The van der Waals surface area contributed by atoms with Crippen LogP contribution < -0.4 is 10.6 Å². The summed E-state index contributed by atoms with van der Waals surface area (Å²) < 4.78 is 26.9. The molecular weight excluding hydrogens is 360 g/mol. The maximum absolute atomic E-state index is 13.4. The smallest absolute Gasteiger partial charge is 0.248 e. The zero-order valence-corrected chi connectivity index (χ0v) is 15.3. The molecule has 2 N–H and O–H groups in total. The molecule has 0 aliphatic heterocycles. The molecule has 0 spiro atoms. The molecule has 2 aromatic heterocycles. The molecule has 1 aliphatic rings. The molecule has 0 unspecified atom stereocenters. The SMILES string of the molecule is FC1(F)CCC(Nc2cc(Nc3ccncc3)nc(-c3ccccc3)n2)CC1. The van der Waals surface area contributed by atoms with Gasteiger partial charge in [0.1, 0.15) is 11.6 Å². The van der Waals surface area contributed by atoms with E-state index in [1.807, 2.05) is 42.5 Å². The number of anilines is 3. The van der Waals surface area contributed by atoms with Gasteiger partial charge in [0, 0.05) is 48.6 Å². The molecule has 1 saturated carbocycles. The van der Waals surface area contributed by atoms with Gasteiger partial charge in [-0.1, -0.05) is 30.3 Å². The van der Waals surface area contributed by atoms with Gasteiger partial charge in [-0.15, -0.1) is 0 Å². The lowest BCUT2D eigenvalue weighted by Gasteiger charge is -2.29. The van der Waals surface area contributed by atoms with Crippen molar-refractivity contribution in [1.82, 2.24) is 15.0 Å². The molecule has 3 aromatic rings. The molecule has 5 nitrogen and oxygen atoms in total. The van der Waals surface area contributed by atoms with Crippen molar-refractivity contribution in [2.24, 2.45) is 0 Å². The van der Waals surface area contributed by atoms with Crippen molar-refractivity contribution in [3.8, 4) is 11.4 Å². The van der Waals surface area contributed by atoms with Crippen LogP contribution in [0, 0.1) is 0 Å². The molecule has 4 rings (SSSR count). The lowest BCUT2D eigenvalue weighted by atomic mass is 9.92. The molecule has 0 radical (unpaired) electrons. The lowest BCUT2D eigenvalue weighted by molar-refractivity contribution is -0.0361. The standard InChI is InChI=1S/C21H21F2N5/c22-21(23)10-6-16(7-11-21)25-18-14-19(26-17-8-12-24-13-9-17)28-20(27-18)15-4-2-1-3-5-15/h1-5,8-9,12-14,16H,6-7,10-11H2,(H2,24,25,26,27,28). The van der Waals surface area contributed by atoms with Gasteiger partial charge in [-0.3, -0.25) is 4.98 Å². The molecule has 0 amide bonds. The van der Waals surface area contributed by atoms with E-state index in [1.54, 1.807) is 18.5 Å². The fourth-order valence-electron chi connectivity index (χ4n) is 3.28. The summed E-state index contributed by atoms with van der Waals surface area (Å²) in [5.41, 5.74) is 1.75. The Morgan fingerprint density at radius 3 is 2.29 bits per heavy atom. The highest BCUT2D eigenvalue weighted by atomic mass is 19.3. The van der Waals surface area contributed by atoms with E-state index in [4.69, 9.17) is 0 Å². The molecule has 7 heteroatoms. The van der Waals surface area contributed by atoms with Crippen LogP contribution in [0.15, 0.2) is 60.9 Å². The lowest BCUT2D eigenvalue weighted by Crippen LogP contribution is -2.32. The summed E-state index contributed by atoms with van der Waals surface area (Å²) in [5, 5.41) is 6.57. The molecule has 1 aromatic carbocycles. The van der Waals surface area contributed by atoms with Crippen LogP contribution in [-0.4, -0.2) is 26.9 Å². The third-order valence-corrected chi connectivity index (χ3v) is 4.78. The van der Waals surface area contributed by atoms with Gasteiger partial charge in [0.2, 0.25) is 5.92 Å². The molecule has 1 fully saturated rings. The number of pyridine rings is 1. The van der Waals surface area contributed by atoms with E-state index < -0.39 is 5.92 Å². The van der Waals surface area contributed by atoms with Crippen LogP contribution in [0.5, 0.6) is 0 Å². The van der Waals surface area contributed by atoms with Crippen molar-refractivity contribution in [3.63, 3.8) is 0 Å². The van der Waals surface area contributed by atoms with E-state index >= 15 is 0 Å². The first kappa shape index (κ1) is 18.3. The Bertz CT molecular complexity index is 909. The summed E-state index contributed by atoms with van der Waals surface area (Å²) in [6.07, 6.45) is 4.05. The van der Waals surface area contributed by atoms with E-state index in [0.29, 0.717) is 30.3 Å². The number of alkyl halides is 2. The van der Waals surface area contributed by atoms with Crippen LogP contribution in [0.3, 0.4) is 0 Å². The molecule has 0 atom stereocenters. The van der Waals surface area contributed by atoms with E-state index in [-0.39, 0.29) is 18.9 Å². The number of nitrogens with one attached hydrogen (secondary N) is 2. The zero-order valence-electron chi connectivity index (χ0n) is 15.3. The highest BCUT2D eigenvalue weighted by molar-refractivity contribution is 5.65. The highest BCUT2D eigenvalue weighted by Crippen LogP contribution is 2.34. The summed E-state index contributed by atoms with van der Waals surface area (Å²) in [6.45, 7) is 0. The molecule has 0 bridgehead atoms. The Balaban J connectivity index is 1.60. The maximum atomic E-state index is 13.4. The van der Waals surface area contributed by atoms with E-state index in [0.717, 1.165) is 11.3 Å². The van der Waals surface area contributed by atoms with Crippen molar-refractivity contribution in [1.29, 1.82) is 0 Å². The van der Waals surface area contributed by atoms with Gasteiger partial charge >= 0.3 is 0 Å². The van der Waals surface area contributed by atoms with E-state index in [2.05, 4.69) is 25.6 Å². The van der Waals surface area contributed by atoms with Gasteiger partial charge < -0.3 is 10.6 Å². The van der Waals surface area contributed by atoms with Crippen LogP contribution in [-0.2, 0) is 0 Å². The first-order chi connectivity index (χ1) is 13.6. The third kappa shape index (κ3) is 4.60.